The second kappa shape index (κ2) is 8.09. The zero-order chi connectivity index (χ0) is 21.5. The number of carbonyl (C=O) groups is 1. The van der Waals surface area contributed by atoms with Crippen LogP contribution >= 0.6 is 11.3 Å². The fourth-order valence-electron chi connectivity index (χ4n) is 4.05. The van der Waals surface area contributed by atoms with E-state index < -0.39 is 14.9 Å². The third kappa shape index (κ3) is 3.86. The van der Waals surface area contributed by atoms with Gasteiger partial charge in [0.1, 0.15) is 0 Å². The Labute approximate surface area is 179 Å². The molecule has 1 saturated heterocycles. The summed E-state index contributed by atoms with van der Waals surface area (Å²) in [6.07, 6.45) is 3.04. The van der Waals surface area contributed by atoms with Gasteiger partial charge in [-0.3, -0.25) is 14.9 Å². The van der Waals surface area contributed by atoms with Crippen LogP contribution in [-0.4, -0.2) is 54.6 Å². The number of piperazine rings is 1. The summed E-state index contributed by atoms with van der Waals surface area (Å²) in [5, 5.41) is 12.7. The molecule has 0 bridgehead atoms. The summed E-state index contributed by atoms with van der Waals surface area (Å²) in [7, 11) is -3.75. The zero-order valence-corrected chi connectivity index (χ0v) is 18.2. The molecule has 0 N–H and O–H groups in total. The number of nitrogens with zero attached hydrogens (tertiary/aromatic N) is 3. The third-order valence-corrected chi connectivity index (χ3v) is 8.81. The Bertz CT molecular complexity index is 1070. The highest BCUT2D eigenvalue weighted by Crippen LogP contribution is 2.33. The zero-order valence-electron chi connectivity index (χ0n) is 16.6. The summed E-state index contributed by atoms with van der Waals surface area (Å²) >= 11 is 1.65. The molecule has 4 rings (SSSR count). The molecule has 1 aliphatic heterocycles. The molecule has 160 valence electrons. The topological polar surface area (TPSA) is 101 Å². The van der Waals surface area contributed by atoms with Gasteiger partial charge in [-0.25, -0.2) is 8.42 Å². The lowest BCUT2D eigenvalue weighted by molar-refractivity contribution is -0.384. The molecule has 2 heterocycles. The van der Waals surface area contributed by atoms with Crippen LogP contribution in [0.1, 0.15) is 34.1 Å². The molecule has 8 nitrogen and oxygen atoms in total. The van der Waals surface area contributed by atoms with Crippen LogP contribution in [0.25, 0.3) is 0 Å². The number of benzene rings is 1. The van der Waals surface area contributed by atoms with Crippen LogP contribution in [0.3, 0.4) is 0 Å². The molecule has 1 fully saturated rings. The van der Waals surface area contributed by atoms with E-state index in [1.165, 1.54) is 39.0 Å². The summed E-state index contributed by atoms with van der Waals surface area (Å²) in [6.45, 7) is 3.29. The van der Waals surface area contributed by atoms with Crippen LogP contribution in [0, 0.1) is 16.0 Å². The summed E-state index contributed by atoms with van der Waals surface area (Å²) in [6, 6.07) is 4.88. The number of fused-ring (bicyclic) bond motifs is 1. The van der Waals surface area contributed by atoms with Crippen LogP contribution in [0.15, 0.2) is 34.5 Å². The maximum absolute atomic E-state index is 13.0. The second-order valence-corrected chi connectivity index (χ2v) is 10.7. The Morgan fingerprint density at radius 3 is 2.47 bits per heavy atom. The molecule has 2 aromatic rings. The number of non-ortho nitro benzene ring substituents is 1. The minimum absolute atomic E-state index is 0.0190. The summed E-state index contributed by atoms with van der Waals surface area (Å²) in [5.74, 6) is 0.627. The Hall–Kier alpha value is -2.30. The fourth-order valence-corrected chi connectivity index (χ4v) is 6.71. The van der Waals surface area contributed by atoms with E-state index in [4.69, 9.17) is 0 Å². The Morgan fingerprint density at radius 2 is 1.83 bits per heavy atom. The van der Waals surface area contributed by atoms with Crippen molar-refractivity contribution in [1.29, 1.82) is 0 Å². The minimum Gasteiger partial charge on any atom is -0.336 e. The molecular formula is C20H23N3O5S2. The number of nitro groups is 1. The first-order valence-electron chi connectivity index (χ1n) is 9.90. The second-order valence-electron chi connectivity index (χ2n) is 7.85. The van der Waals surface area contributed by atoms with E-state index in [2.05, 4.69) is 6.92 Å². The molecule has 2 aliphatic rings. The quantitative estimate of drug-likeness (QED) is 0.528. The smallest absolute Gasteiger partial charge is 0.269 e. The number of hydrogen-bond donors (Lipinski definition) is 0. The van der Waals surface area contributed by atoms with Crippen LogP contribution in [-0.2, 0) is 22.9 Å². The van der Waals surface area contributed by atoms with E-state index in [9.17, 15) is 23.3 Å². The number of rotatable bonds is 4. The van der Waals surface area contributed by atoms with Crippen molar-refractivity contribution in [1.82, 2.24) is 9.21 Å². The molecular weight excluding hydrogens is 426 g/mol. The largest absolute Gasteiger partial charge is 0.336 e. The molecule has 1 aromatic carbocycles. The Kier molecular flexibility index (Phi) is 5.65. The third-order valence-electron chi connectivity index (χ3n) is 5.84. The average molecular weight is 450 g/mol. The van der Waals surface area contributed by atoms with Gasteiger partial charge in [-0.2, -0.15) is 4.31 Å². The maximum Gasteiger partial charge on any atom is 0.269 e. The van der Waals surface area contributed by atoms with Gasteiger partial charge >= 0.3 is 0 Å². The molecule has 0 spiro atoms. The predicted octanol–water partition coefficient (Wildman–Crippen LogP) is 2.93. The van der Waals surface area contributed by atoms with E-state index in [0.29, 0.717) is 19.0 Å². The Balaban J connectivity index is 1.43. The number of carbonyl (C=O) groups excluding carboxylic acids is 1. The number of thiophene rings is 1. The van der Waals surface area contributed by atoms with Crippen molar-refractivity contribution in [2.24, 2.45) is 5.92 Å². The fraction of sp³-hybridized carbons (Fsp3) is 0.450. The molecule has 30 heavy (non-hydrogen) atoms. The minimum atomic E-state index is -3.75. The molecule has 0 saturated carbocycles. The van der Waals surface area contributed by atoms with Crippen LogP contribution in [0.2, 0.25) is 0 Å². The van der Waals surface area contributed by atoms with E-state index in [1.807, 2.05) is 5.38 Å². The van der Waals surface area contributed by atoms with Gasteiger partial charge in [0, 0.05) is 48.6 Å². The van der Waals surface area contributed by atoms with Crippen molar-refractivity contribution in [2.45, 2.75) is 31.1 Å². The maximum atomic E-state index is 13.0. The highest BCUT2D eigenvalue weighted by Gasteiger charge is 2.32. The highest BCUT2D eigenvalue weighted by atomic mass is 32.2. The number of amides is 1. The van der Waals surface area contributed by atoms with Gasteiger partial charge in [0.15, 0.2) is 0 Å². The standard InChI is InChI=1S/C20H23N3O5S2/c1-14-2-7-17-18(13-29-19(17)12-14)20(24)21-8-10-22(11-9-21)30(27,28)16-5-3-15(4-6-16)23(25)26/h3-6,13-14H,2,7-12H2,1H3/t14-/m1/s1. The lowest BCUT2D eigenvalue weighted by Gasteiger charge is -2.34. The molecule has 1 atom stereocenters. The molecule has 1 aromatic heterocycles. The van der Waals surface area contributed by atoms with Gasteiger partial charge in [0.25, 0.3) is 11.6 Å². The average Bonchev–Trinajstić information content (AvgIpc) is 3.16. The monoisotopic (exact) mass is 449 g/mol. The van der Waals surface area contributed by atoms with Crippen LogP contribution in [0.5, 0.6) is 0 Å². The van der Waals surface area contributed by atoms with Crippen molar-refractivity contribution < 1.29 is 18.1 Å². The van der Waals surface area contributed by atoms with Gasteiger partial charge in [-0.1, -0.05) is 6.92 Å². The van der Waals surface area contributed by atoms with Crippen molar-refractivity contribution in [2.75, 3.05) is 26.2 Å². The van der Waals surface area contributed by atoms with Gasteiger partial charge in [0.05, 0.1) is 15.4 Å². The molecule has 0 radical (unpaired) electrons. The number of sulfonamides is 1. The number of hydrogen-bond acceptors (Lipinski definition) is 6. The summed E-state index contributed by atoms with van der Waals surface area (Å²) in [5.41, 5.74) is 1.79. The SMILES string of the molecule is C[C@@H]1CCc2c(C(=O)N3CCN(S(=O)(=O)c4ccc([N+](=O)[O-])cc4)CC3)csc2C1. The van der Waals surface area contributed by atoms with Crippen molar-refractivity contribution in [3.63, 3.8) is 0 Å². The Morgan fingerprint density at radius 1 is 1.17 bits per heavy atom. The molecule has 1 aliphatic carbocycles. The summed E-state index contributed by atoms with van der Waals surface area (Å²) in [4.78, 5) is 26.3. The first kappa shape index (κ1) is 21.0. The predicted molar refractivity (Wildman–Crippen MR) is 113 cm³/mol. The normalized spacial score (nSPS) is 20.0. The lowest BCUT2D eigenvalue weighted by Crippen LogP contribution is -2.50. The molecule has 1 amide bonds. The van der Waals surface area contributed by atoms with E-state index >= 15 is 0 Å². The van der Waals surface area contributed by atoms with E-state index in [0.717, 1.165) is 24.8 Å². The highest BCUT2D eigenvalue weighted by molar-refractivity contribution is 7.89. The van der Waals surface area contributed by atoms with Crippen molar-refractivity contribution >= 4 is 33.0 Å². The van der Waals surface area contributed by atoms with Crippen molar-refractivity contribution in [3.8, 4) is 0 Å². The summed E-state index contributed by atoms with van der Waals surface area (Å²) < 4.78 is 27.0. The molecule has 0 unspecified atom stereocenters. The van der Waals surface area contributed by atoms with Gasteiger partial charge in [-0.05, 0) is 42.9 Å². The molecule has 10 heteroatoms. The van der Waals surface area contributed by atoms with Gasteiger partial charge in [0.2, 0.25) is 10.0 Å². The number of nitro benzene ring substituents is 1. The van der Waals surface area contributed by atoms with E-state index in [1.54, 1.807) is 16.2 Å². The van der Waals surface area contributed by atoms with Gasteiger partial charge in [-0.15, -0.1) is 11.3 Å². The van der Waals surface area contributed by atoms with E-state index in [-0.39, 0.29) is 29.6 Å². The van der Waals surface area contributed by atoms with Crippen LogP contribution < -0.4 is 0 Å². The first-order chi connectivity index (χ1) is 14.3. The van der Waals surface area contributed by atoms with Crippen LogP contribution in [0.4, 0.5) is 5.69 Å². The first-order valence-corrected chi connectivity index (χ1v) is 12.2. The van der Waals surface area contributed by atoms with Crippen molar-refractivity contribution in [3.05, 3.63) is 55.8 Å². The lowest BCUT2D eigenvalue weighted by atomic mass is 9.88. The van der Waals surface area contributed by atoms with Gasteiger partial charge < -0.3 is 4.90 Å².